The van der Waals surface area contributed by atoms with Gasteiger partial charge in [-0.05, 0) is 36.2 Å². The summed E-state index contributed by atoms with van der Waals surface area (Å²) in [6.07, 6.45) is 0.641. The Kier molecular flexibility index (Phi) is 4.12. The summed E-state index contributed by atoms with van der Waals surface area (Å²) >= 11 is 0. The lowest BCUT2D eigenvalue weighted by atomic mass is 10.1. The molecular weight excluding hydrogens is 318 g/mol. The maximum atomic E-state index is 13.6. The molecule has 0 N–H and O–H groups in total. The van der Waals surface area contributed by atoms with Gasteiger partial charge >= 0.3 is 11.6 Å². The van der Waals surface area contributed by atoms with E-state index in [1.807, 2.05) is 6.92 Å². The Balaban J connectivity index is 1.95. The van der Waals surface area contributed by atoms with Crippen LogP contribution in [0, 0.1) is 11.6 Å². The van der Waals surface area contributed by atoms with E-state index in [-0.39, 0.29) is 16.9 Å². The first-order chi connectivity index (χ1) is 11.5. The molecule has 4 nitrogen and oxygen atoms in total. The minimum absolute atomic E-state index is 0.0904. The molecule has 0 unspecified atom stereocenters. The number of hydrogen-bond donors (Lipinski definition) is 0. The van der Waals surface area contributed by atoms with Gasteiger partial charge in [0.05, 0.1) is 5.56 Å². The van der Waals surface area contributed by atoms with E-state index in [1.54, 1.807) is 6.07 Å². The molecule has 1 heterocycles. The zero-order valence-electron chi connectivity index (χ0n) is 12.6. The van der Waals surface area contributed by atoms with Crippen LogP contribution in [0.25, 0.3) is 11.0 Å². The van der Waals surface area contributed by atoms with Crippen molar-refractivity contribution in [1.29, 1.82) is 0 Å². The summed E-state index contributed by atoms with van der Waals surface area (Å²) in [6, 6.07) is 8.53. The van der Waals surface area contributed by atoms with E-state index in [2.05, 4.69) is 0 Å². The average molecular weight is 330 g/mol. The fourth-order valence-corrected chi connectivity index (χ4v) is 2.38. The largest absolute Gasteiger partial charge is 0.423 e. The zero-order chi connectivity index (χ0) is 17.3. The van der Waals surface area contributed by atoms with Crippen LogP contribution in [0.4, 0.5) is 8.78 Å². The third-order valence-electron chi connectivity index (χ3n) is 3.54. The first-order valence-corrected chi connectivity index (χ1v) is 7.22. The monoisotopic (exact) mass is 330 g/mol. The highest BCUT2D eigenvalue weighted by Crippen LogP contribution is 2.24. The summed E-state index contributed by atoms with van der Waals surface area (Å²) < 4.78 is 36.7. The van der Waals surface area contributed by atoms with Crippen LogP contribution in [-0.2, 0) is 6.42 Å². The van der Waals surface area contributed by atoms with Crippen LogP contribution in [0.5, 0.6) is 5.75 Å². The van der Waals surface area contributed by atoms with Gasteiger partial charge in [-0.15, -0.1) is 0 Å². The van der Waals surface area contributed by atoms with Gasteiger partial charge in [0.1, 0.15) is 23.0 Å². The second kappa shape index (κ2) is 6.23. The molecule has 3 rings (SSSR count). The van der Waals surface area contributed by atoms with Crippen molar-refractivity contribution in [2.24, 2.45) is 0 Å². The van der Waals surface area contributed by atoms with E-state index in [0.717, 1.165) is 23.1 Å². The fraction of sp³-hybridized carbons (Fsp3) is 0.111. The van der Waals surface area contributed by atoms with Gasteiger partial charge in [0, 0.05) is 23.6 Å². The number of aryl methyl sites for hydroxylation is 1. The van der Waals surface area contributed by atoms with Crippen LogP contribution in [-0.4, -0.2) is 5.97 Å². The number of fused-ring (bicyclic) bond motifs is 1. The highest BCUT2D eigenvalue weighted by molar-refractivity contribution is 5.92. The lowest BCUT2D eigenvalue weighted by Crippen LogP contribution is -2.11. The Bertz CT molecular complexity index is 992. The van der Waals surface area contributed by atoms with Crippen LogP contribution in [0.1, 0.15) is 22.8 Å². The van der Waals surface area contributed by atoms with Gasteiger partial charge in [-0.2, -0.15) is 0 Å². The van der Waals surface area contributed by atoms with Crippen molar-refractivity contribution in [3.63, 3.8) is 0 Å². The summed E-state index contributed by atoms with van der Waals surface area (Å²) in [5, 5.41) is 0.727. The molecule has 6 heteroatoms. The van der Waals surface area contributed by atoms with Crippen LogP contribution >= 0.6 is 0 Å². The molecule has 0 spiro atoms. The molecule has 0 aliphatic carbocycles. The molecule has 0 radical (unpaired) electrons. The third-order valence-corrected chi connectivity index (χ3v) is 3.54. The molecule has 24 heavy (non-hydrogen) atoms. The van der Waals surface area contributed by atoms with Gasteiger partial charge in [0.2, 0.25) is 0 Å². The van der Waals surface area contributed by atoms with Crippen molar-refractivity contribution in [2.75, 3.05) is 0 Å². The minimum Gasteiger partial charge on any atom is -0.423 e. The molecule has 0 aliphatic heterocycles. The van der Waals surface area contributed by atoms with Gasteiger partial charge in [-0.25, -0.2) is 18.4 Å². The Morgan fingerprint density at radius 1 is 1.12 bits per heavy atom. The Labute approximate surface area is 135 Å². The zero-order valence-corrected chi connectivity index (χ0v) is 12.6. The first kappa shape index (κ1) is 15.9. The molecule has 0 saturated carbocycles. The number of rotatable bonds is 3. The molecule has 3 aromatic rings. The number of benzene rings is 2. The molecule has 0 amide bonds. The predicted molar refractivity (Wildman–Crippen MR) is 83.2 cm³/mol. The van der Waals surface area contributed by atoms with Gasteiger partial charge in [-0.1, -0.05) is 6.92 Å². The normalized spacial score (nSPS) is 10.8. The molecule has 2 aromatic carbocycles. The van der Waals surface area contributed by atoms with E-state index in [1.165, 1.54) is 18.2 Å². The molecule has 0 aliphatic rings. The molecular formula is C18H12F2O4. The van der Waals surface area contributed by atoms with Gasteiger partial charge < -0.3 is 9.15 Å². The van der Waals surface area contributed by atoms with Crippen molar-refractivity contribution in [1.82, 2.24) is 0 Å². The van der Waals surface area contributed by atoms with Crippen molar-refractivity contribution in [3.05, 3.63) is 75.6 Å². The summed E-state index contributed by atoms with van der Waals surface area (Å²) in [7, 11) is 0. The van der Waals surface area contributed by atoms with Crippen molar-refractivity contribution >= 4 is 16.9 Å². The van der Waals surface area contributed by atoms with Crippen LogP contribution < -0.4 is 10.4 Å². The Hall–Kier alpha value is -3.02. The summed E-state index contributed by atoms with van der Waals surface area (Å²) in [5.74, 6) is -2.68. The van der Waals surface area contributed by atoms with Crippen molar-refractivity contribution in [2.45, 2.75) is 13.3 Å². The lowest BCUT2D eigenvalue weighted by molar-refractivity contribution is 0.0730. The van der Waals surface area contributed by atoms with Crippen molar-refractivity contribution < 1.29 is 22.7 Å². The second-order valence-electron chi connectivity index (χ2n) is 5.12. The molecule has 0 atom stereocenters. The predicted octanol–water partition coefficient (Wildman–Crippen LogP) is 3.85. The second-order valence-corrected chi connectivity index (χ2v) is 5.12. The van der Waals surface area contributed by atoms with E-state index in [4.69, 9.17) is 9.15 Å². The maximum absolute atomic E-state index is 13.6. The molecule has 0 fully saturated rings. The molecule has 1 aromatic heterocycles. The minimum atomic E-state index is -1.01. The van der Waals surface area contributed by atoms with Gasteiger partial charge in [0.25, 0.3) is 0 Å². The fourth-order valence-electron chi connectivity index (χ4n) is 2.38. The van der Waals surface area contributed by atoms with Crippen molar-refractivity contribution in [3.8, 4) is 5.75 Å². The molecule has 0 bridgehead atoms. The van der Waals surface area contributed by atoms with E-state index >= 15 is 0 Å². The molecule has 122 valence electrons. The number of ether oxygens (including phenoxy) is 1. The SMILES string of the molecule is CCc1cc(=O)oc2cc(OC(=O)c3ccc(F)cc3F)ccc12. The summed E-state index contributed by atoms with van der Waals surface area (Å²) in [6.45, 7) is 1.90. The standard InChI is InChI=1S/C18H12F2O4/c1-2-10-7-17(21)24-16-9-12(4-6-13(10)16)23-18(22)14-5-3-11(19)8-15(14)20/h3-9H,2H2,1H3. The summed E-state index contributed by atoms with van der Waals surface area (Å²) in [5.41, 5.74) is 0.181. The smallest absolute Gasteiger partial charge is 0.346 e. The highest BCUT2D eigenvalue weighted by Gasteiger charge is 2.15. The first-order valence-electron chi connectivity index (χ1n) is 7.22. The summed E-state index contributed by atoms with van der Waals surface area (Å²) in [4.78, 5) is 23.5. The van der Waals surface area contributed by atoms with Crippen LogP contribution in [0.3, 0.4) is 0 Å². The number of halogens is 2. The highest BCUT2D eigenvalue weighted by atomic mass is 19.1. The average Bonchev–Trinajstić information content (AvgIpc) is 2.53. The van der Waals surface area contributed by atoms with Gasteiger partial charge in [0.15, 0.2) is 0 Å². The number of hydrogen-bond acceptors (Lipinski definition) is 4. The number of carbonyl (C=O) groups is 1. The quantitative estimate of drug-likeness (QED) is 0.416. The van der Waals surface area contributed by atoms with Gasteiger partial charge in [-0.3, -0.25) is 0 Å². The van der Waals surface area contributed by atoms with Crippen LogP contribution in [0.2, 0.25) is 0 Å². The Morgan fingerprint density at radius 2 is 1.92 bits per heavy atom. The lowest BCUT2D eigenvalue weighted by Gasteiger charge is -2.07. The molecule has 0 saturated heterocycles. The maximum Gasteiger partial charge on any atom is 0.346 e. The number of carbonyl (C=O) groups excluding carboxylic acids is 1. The van der Waals surface area contributed by atoms with E-state index < -0.39 is 23.2 Å². The Morgan fingerprint density at radius 3 is 2.62 bits per heavy atom. The van der Waals surface area contributed by atoms with Crippen LogP contribution in [0.15, 0.2) is 51.7 Å². The topological polar surface area (TPSA) is 56.5 Å². The van der Waals surface area contributed by atoms with E-state index in [0.29, 0.717) is 12.5 Å². The third kappa shape index (κ3) is 3.03. The van der Waals surface area contributed by atoms with E-state index in [9.17, 15) is 18.4 Å². The number of esters is 1.